The number of methoxy groups -OCH3 is 1. The van der Waals surface area contributed by atoms with Crippen LogP contribution in [0, 0.1) is 11.2 Å². The lowest BCUT2D eigenvalue weighted by Crippen LogP contribution is -2.22. The van der Waals surface area contributed by atoms with Gasteiger partial charge in [0.15, 0.2) is 0 Å². The quantitative estimate of drug-likeness (QED) is 0.361. The molecule has 35 heavy (non-hydrogen) atoms. The molecule has 0 aliphatic carbocycles. The minimum atomic E-state index is -0.281. The number of nitrogens with zero attached hydrogens (tertiary/aromatic N) is 5. The van der Waals surface area contributed by atoms with Gasteiger partial charge >= 0.3 is 0 Å². The molecule has 0 amide bonds. The highest BCUT2D eigenvalue weighted by Crippen LogP contribution is 2.32. The van der Waals surface area contributed by atoms with Crippen LogP contribution in [0.1, 0.15) is 26.3 Å². The van der Waals surface area contributed by atoms with Gasteiger partial charge in [-0.25, -0.2) is 19.3 Å². The van der Waals surface area contributed by atoms with Crippen molar-refractivity contribution in [3.63, 3.8) is 0 Å². The van der Waals surface area contributed by atoms with E-state index in [2.05, 4.69) is 55.2 Å². The highest BCUT2D eigenvalue weighted by molar-refractivity contribution is 5.80. The van der Waals surface area contributed by atoms with Crippen molar-refractivity contribution in [3.8, 4) is 22.6 Å². The SMILES string of the molecule is COCCN(C)Cc1ccn2c(-c3ccnc(NCC(C)(C)C)n3)c(-c3ccc(F)cc3)nc2c1. The largest absolute Gasteiger partial charge is 0.383 e. The topological polar surface area (TPSA) is 67.6 Å². The number of aromatic nitrogens is 4. The zero-order valence-electron chi connectivity index (χ0n) is 21.0. The van der Waals surface area contributed by atoms with Crippen LogP contribution in [0.2, 0.25) is 0 Å². The lowest BCUT2D eigenvalue weighted by molar-refractivity contribution is 0.158. The average molecular weight is 477 g/mol. The summed E-state index contributed by atoms with van der Waals surface area (Å²) in [7, 11) is 3.78. The minimum Gasteiger partial charge on any atom is -0.383 e. The highest BCUT2D eigenvalue weighted by Gasteiger charge is 2.19. The molecule has 3 aromatic heterocycles. The number of hydrogen-bond donors (Lipinski definition) is 1. The Bertz CT molecular complexity index is 1280. The summed E-state index contributed by atoms with van der Waals surface area (Å²) in [6, 6.07) is 12.5. The van der Waals surface area contributed by atoms with Gasteiger partial charge in [0.25, 0.3) is 0 Å². The number of halogens is 1. The molecule has 0 bridgehead atoms. The van der Waals surface area contributed by atoms with Crippen molar-refractivity contribution in [1.82, 2.24) is 24.3 Å². The van der Waals surface area contributed by atoms with E-state index in [1.54, 1.807) is 25.4 Å². The number of pyridine rings is 1. The Morgan fingerprint density at radius 3 is 2.57 bits per heavy atom. The molecule has 8 heteroatoms. The van der Waals surface area contributed by atoms with Crippen molar-refractivity contribution in [1.29, 1.82) is 0 Å². The maximum atomic E-state index is 13.7. The first-order valence-corrected chi connectivity index (χ1v) is 11.8. The molecule has 1 N–H and O–H groups in total. The van der Waals surface area contributed by atoms with Gasteiger partial charge in [-0.2, -0.15) is 0 Å². The zero-order chi connectivity index (χ0) is 25.0. The molecule has 0 spiro atoms. The number of anilines is 1. The predicted molar refractivity (Wildman–Crippen MR) is 138 cm³/mol. The van der Waals surface area contributed by atoms with Crippen molar-refractivity contribution >= 4 is 11.6 Å². The summed E-state index contributed by atoms with van der Waals surface area (Å²) in [6.07, 6.45) is 3.77. The van der Waals surface area contributed by atoms with E-state index < -0.39 is 0 Å². The molecule has 184 valence electrons. The maximum absolute atomic E-state index is 13.7. The summed E-state index contributed by atoms with van der Waals surface area (Å²) in [5.74, 6) is 0.282. The van der Waals surface area contributed by atoms with Gasteiger partial charge in [-0.1, -0.05) is 20.8 Å². The fourth-order valence-electron chi connectivity index (χ4n) is 3.80. The van der Waals surface area contributed by atoms with Gasteiger partial charge in [-0.05, 0) is 60.5 Å². The van der Waals surface area contributed by atoms with Gasteiger partial charge in [0.2, 0.25) is 5.95 Å². The lowest BCUT2D eigenvalue weighted by atomic mass is 9.97. The number of likely N-dealkylation sites (N-methyl/N-ethyl adjacent to an activating group) is 1. The molecule has 0 aliphatic heterocycles. The summed E-state index contributed by atoms with van der Waals surface area (Å²) < 4.78 is 20.9. The average Bonchev–Trinajstić information content (AvgIpc) is 3.20. The Hall–Kier alpha value is -3.36. The van der Waals surface area contributed by atoms with Gasteiger partial charge in [0, 0.05) is 44.7 Å². The zero-order valence-corrected chi connectivity index (χ0v) is 21.0. The Morgan fingerprint density at radius 1 is 1.09 bits per heavy atom. The minimum absolute atomic E-state index is 0.0920. The molecular weight excluding hydrogens is 443 g/mol. The van der Waals surface area contributed by atoms with E-state index in [1.807, 2.05) is 16.7 Å². The van der Waals surface area contributed by atoms with Crippen molar-refractivity contribution in [3.05, 3.63) is 66.2 Å². The van der Waals surface area contributed by atoms with Gasteiger partial charge in [0.1, 0.15) is 11.5 Å². The van der Waals surface area contributed by atoms with E-state index >= 15 is 0 Å². The monoisotopic (exact) mass is 476 g/mol. The number of rotatable bonds is 9. The molecule has 0 saturated heterocycles. The van der Waals surface area contributed by atoms with Crippen molar-refractivity contribution < 1.29 is 9.13 Å². The van der Waals surface area contributed by atoms with Crippen LogP contribution in [0.3, 0.4) is 0 Å². The standard InChI is InChI=1S/C27H33FN6O/c1-27(2,3)18-30-26-29-12-10-22(31-26)25-24(20-6-8-21(28)9-7-20)32-23-16-19(11-13-34(23)25)17-33(4)14-15-35-5/h6-13,16H,14-15,17-18H2,1-5H3,(H,29,30,31). The van der Waals surface area contributed by atoms with E-state index in [4.69, 9.17) is 14.7 Å². The van der Waals surface area contributed by atoms with Crippen LogP contribution in [0.25, 0.3) is 28.3 Å². The van der Waals surface area contributed by atoms with E-state index in [9.17, 15) is 4.39 Å². The third-order valence-electron chi connectivity index (χ3n) is 5.61. The van der Waals surface area contributed by atoms with E-state index in [0.717, 1.165) is 53.5 Å². The van der Waals surface area contributed by atoms with Crippen LogP contribution in [-0.4, -0.2) is 58.1 Å². The number of hydrogen-bond acceptors (Lipinski definition) is 6. The molecule has 7 nitrogen and oxygen atoms in total. The van der Waals surface area contributed by atoms with E-state index in [1.165, 1.54) is 12.1 Å². The normalized spacial score (nSPS) is 12.0. The molecule has 4 aromatic rings. The van der Waals surface area contributed by atoms with Crippen LogP contribution >= 0.6 is 0 Å². The second-order valence-corrected chi connectivity index (χ2v) is 9.99. The molecule has 4 rings (SSSR count). The summed E-state index contributed by atoms with van der Waals surface area (Å²) >= 11 is 0. The number of benzene rings is 1. The van der Waals surface area contributed by atoms with Gasteiger partial charge in [-0.3, -0.25) is 9.30 Å². The molecule has 0 saturated carbocycles. The van der Waals surface area contributed by atoms with Crippen LogP contribution in [0.15, 0.2) is 54.9 Å². The number of ether oxygens (including phenoxy) is 1. The maximum Gasteiger partial charge on any atom is 0.223 e. The second-order valence-electron chi connectivity index (χ2n) is 9.99. The molecule has 0 unspecified atom stereocenters. The van der Waals surface area contributed by atoms with Gasteiger partial charge in [-0.15, -0.1) is 0 Å². The molecule has 3 heterocycles. The first kappa shape index (κ1) is 24.8. The number of nitrogens with one attached hydrogen (secondary N) is 1. The van der Waals surface area contributed by atoms with E-state index in [-0.39, 0.29) is 11.2 Å². The Labute approximate surface area is 206 Å². The molecule has 1 aromatic carbocycles. The molecule has 0 fully saturated rings. The summed E-state index contributed by atoms with van der Waals surface area (Å²) in [5, 5.41) is 3.33. The Balaban J connectivity index is 1.77. The fraction of sp³-hybridized carbons (Fsp3) is 0.370. The Morgan fingerprint density at radius 2 is 1.86 bits per heavy atom. The molecule has 0 radical (unpaired) electrons. The second kappa shape index (κ2) is 10.5. The van der Waals surface area contributed by atoms with E-state index in [0.29, 0.717) is 12.6 Å². The van der Waals surface area contributed by atoms with Crippen molar-refractivity contribution in [2.45, 2.75) is 27.3 Å². The molecule has 0 atom stereocenters. The first-order chi connectivity index (χ1) is 16.7. The summed E-state index contributed by atoms with van der Waals surface area (Å²) in [6.45, 7) is 9.52. The van der Waals surface area contributed by atoms with Gasteiger partial charge < -0.3 is 10.1 Å². The highest BCUT2D eigenvalue weighted by atomic mass is 19.1. The van der Waals surface area contributed by atoms with Crippen molar-refractivity contribution in [2.75, 3.05) is 39.2 Å². The Kier molecular flexibility index (Phi) is 7.42. The van der Waals surface area contributed by atoms with Crippen molar-refractivity contribution in [2.24, 2.45) is 5.41 Å². The molecule has 0 aliphatic rings. The summed E-state index contributed by atoms with van der Waals surface area (Å²) in [5.41, 5.74) is 5.20. The molecular formula is C27H33FN6O. The van der Waals surface area contributed by atoms with Crippen LogP contribution < -0.4 is 5.32 Å². The predicted octanol–water partition coefficient (Wildman–Crippen LogP) is 5.13. The van der Waals surface area contributed by atoms with Crippen LogP contribution in [0.4, 0.5) is 10.3 Å². The smallest absolute Gasteiger partial charge is 0.223 e. The first-order valence-electron chi connectivity index (χ1n) is 11.8. The fourth-order valence-corrected chi connectivity index (χ4v) is 3.80. The van der Waals surface area contributed by atoms with Gasteiger partial charge in [0.05, 0.1) is 23.7 Å². The van der Waals surface area contributed by atoms with Crippen LogP contribution in [0.5, 0.6) is 0 Å². The third kappa shape index (κ3) is 6.21. The number of fused-ring (bicyclic) bond motifs is 1. The number of imidazole rings is 1. The van der Waals surface area contributed by atoms with Crippen LogP contribution in [-0.2, 0) is 11.3 Å². The lowest BCUT2D eigenvalue weighted by Gasteiger charge is -2.18. The summed E-state index contributed by atoms with van der Waals surface area (Å²) in [4.78, 5) is 16.4. The third-order valence-corrected chi connectivity index (χ3v) is 5.61.